The zero-order valence-electron chi connectivity index (χ0n) is 5.31. The van der Waals surface area contributed by atoms with Gasteiger partial charge in [-0.05, 0) is 6.42 Å². The molecule has 0 unspecified atom stereocenters. The van der Waals surface area contributed by atoms with E-state index in [9.17, 15) is 0 Å². The molecule has 0 bridgehead atoms. The van der Waals surface area contributed by atoms with Crippen molar-refractivity contribution in [2.75, 3.05) is 14.2 Å². The zero-order valence-corrected chi connectivity index (χ0v) is 5.31. The van der Waals surface area contributed by atoms with E-state index in [0.717, 1.165) is 12.8 Å². The molecule has 1 aliphatic rings. The van der Waals surface area contributed by atoms with E-state index in [0.29, 0.717) is 0 Å². The average molecular weight is 115 g/mol. The number of hydrogen-bond acceptors (Lipinski definition) is 2. The van der Waals surface area contributed by atoms with Gasteiger partial charge in [-0.3, -0.25) is 0 Å². The normalized spacial score (nSPS) is 24.8. The predicted molar refractivity (Wildman–Crippen MR) is 30.3 cm³/mol. The third-order valence-corrected chi connectivity index (χ3v) is 1.65. The van der Waals surface area contributed by atoms with Crippen molar-refractivity contribution in [1.82, 2.24) is 0 Å². The van der Waals surface area contributed by atoms with Gasteiger partial charge in [0.15, 0.2) is 5.79 Å². The van der Waals surface area contributed by atoms with Crippen molar-refractivity contribution >= 4 is 0 Å². The molecule has 2 heteroatoms. The Bertz CT molecular complexity index is 63.1. The maximum absolute atomic E-state index is 5.07. The van der Waals surface area contributed by atoms with E-state index in [1.165, 1.54) is 0 Å². The first-order chi connectivity index (χ1) is 3.83. The molecular formula is C6H11O2. The van der Waals surface area contributed by atoms with Crippen LogP contribution in [0.15, 0.2) is 0 Å². The number of hydrogen-bond donors (Lipinski definition) is 0. The standard InChI is InChI=1S/C6H11O2/c1-7-6(8-2)4-3-5-6/h3H,4-5H2,1-2H3. The summed E-state index contributed by atoms with van der Waals surface area (Å²) in [6.07, 6.45) is 4.01. The molecule has 0 N–H and O–H groups in total. The molecule has 1 fully saturated rings. The van der Waals surface area contributed by atoms with Crippen LogP contribution in [0, 0.1) is 6.42 Å². The molecule has 1 radical (unpaired) electrons. The summed E-state index contributed by atoms with van der Waals surface area (Å²) < 4.78 is 10.1. The van der Waals surface area contributed by atoms with Crippen molar-refractivity contribution < 1.29 is 9.47 Å². The topological polar surface area (TPSA) is 18.5 Å². The van der Waals surface area contributed by atoms with Gasteiger partial charge in [-0.15, -0.1) is 0 Å². The molecule has 0 aliphatic heterocycles. The fourth-order valence-electron chi connectivity index (χ4n) is 0.797. The van der Waals surface area contributed by atoms with Crippen molar-refractivity contribution in [2.45, 2.75) is 18.6 Å². The molecule has 0 atom stereocenters. The van der Waals surface area contributed by atoms with Crippen LogP contribution in [0.3, 0.4) is 0 Å². The maximum Gasteiger partial charge on any atom is 0.168 e. The highest BCUT2D eigenvalue weighted by atomic mass is 16.7. The van der Waals surface area contributed by atoms with Gasteiger partial charge < -0.3 is 9.47 Å². The lowest BCUT2D eigenvalue weighted by Crippen LogP contribution is -2.41. The Morgan fingerprint density at radius 1 is 1.25 bits per heavy atom. The Morgan fingerprint density at radius 2 is 1.75 bits per heavy atom. The monoisotopic (exact) mass is 115 g/mol. The lowest BCUT2D eigenvalue weighted by Gasteiger charge is -2.38. The van der Waals surface area contributed by atoms with Crippen LogP contribution < -0.4 is 0 Å². The van der Waals surface area contributed by atoms with E-state index < -0.39 is 0 Å². The first kappa shape index (κ1) is 6.05. The molecular weight excluding hydrogens is 104 g/mol. The van der Waals surface area contributed by atoms with Gasteiger partial charge >= 0.3 is 0 Å². The second-order valence-corrected chi connectivity index (χ2v) is 2.02. The minimum Gasteiger partial charge on any atom is -0.353 e. The van der Waals surface area contributed by atoms with Crippen LogP contribution in [-0.4, -0.2) is 20.0 Å². The molecule has 0 amide bonds. The smallest absolute Gasteiger partial charge is 0.168 e. The maximum atomic E-state index is 5.07. The van der Waals surface area contributed by atoms with Crippen molar-refractivity contribution in [2.24, 2.45) is 0 Å². The Morgan fingerprint density at radius 3 is 1.75 bits per heavy atom. The van der Waals surface area contributed by atoms with E-state index in [-0.39, 0.29) is 5.79 Å². The molecule has 0 aromatic rings. The number of ether oxygens (including phenoxy) is 2. The minimum absolute atomic E-state index is 0.250. The van der Waals surface area contributed by atoms with Crippen LogP contribution in [0.25, 0.3) is 0 Å². The second-order valence-electron chi connectivity index (χ2n) is 2.02. The summed E-state index contributed by atoms with van der Waals surface area (Å²) in [6.45, 7) is 0. The Labute approximate surface area is 49.8 Å². The summed E-state index contributed by atoms with van der Waals surface area (Å²) in [4.78, 5) is 0. The summed E-state index contributed by atoms with van der Waals surface area (Å²) in [7, 11) is 3.35. The van der Waals surface area contributed by atoms with Crippen molar-refractivity contribution in [3.05, 3.63) is 6.42 Å². The highest BCUT2D eigenvalue weighted by Crippen LogP contribution is 2.34. The summed E-state index contributed by atoms with van der Waals surface area (Å²) >= 11 is 0. The van der Waals surface area contributed by atoms with Crippen LogP contribution in [0.2, 0.25) is 0 Å². The van der Waals surface area contributed by atoms with Gasteiger partial charge in [0.25, 0.3) is 0 Å². The molecule has 1 saturated carbocycles. The molecule has 0 spiro atoms. The van der Waals surface area contributed by atoms with E-state index in [1.807, 2.05) is 0 Å². The molecule has 1 aliphatic carbocycles. The van der Waals surface area contributed by atoms with Gasteiger partial charge in [0.2, 0.25) is 0 Å². The first-order valence-corrected chi connectivity index (χ1v) is 2.75. The summed E-state index contributed by atoms with van der Waals surface area (Å²) in [5.41, 5.74) is 0. The van der Waals surface area contributed by atoms with E-state index in [2.05, 4.69) is 6.42 Å². The molecule has 0 saturated heterocycles. The largest absolute Gasteiger partial charge is 0.353 e. The third-order valence-electron chi connectivity index (χ3n) is 1.65. The summed E-state index contributed by atoms with van der Waals surface area (Å²) in [6, 6.07) is 0. The van der Waals surface area contributed by atoms with Crippen LogP contribution in [0.4, 0.5) is 0 Å². The molecule has 0 aromatic heterocycles. The lowest BCUT2D eigenvalue weighted by molar-refractivity contribution is -0.231. The SMILES string of the molecule is COC1(OC)C[CH]C1. The van der Waals surface area contributed by atoms with Crippen LogP contribution in [-0.2, 0) is 9.47 Å². The molecule has 2 nitrogen and oxygen atoms in total. The average Bonchev–Trinajstić information content (AvgIpc) is 1.67. The molecule has 47 valence electrons. The lowest BCUT2D eigenvalue weighted by atomic mass is 9.91. The minimum atomic E-state index is -0.250. The van der Waals surface area contributed by atoms with Crippen molar-refractivity contribution in [3.63, 3.8) is 0 Å². The number of methoxy groups -OCH3 is 2. The zero-order chi connectivity index (χ0) is 6.04. The molecule has 0 heterocycles. The fraction of sp³-hybridized carbons (Fsp3) is 0.833. The fourth-order valence-corrected chi connectivity index (χ4v) is 0.797. The Balaban J connectivity index is 2.33. The van der Waals surface area contributed by atoms with Gasteiger partial charge in [-0.2, -0.15) is 0 Å². The molecule has 1 rings (SSSR count). The van der Waals surface area contributed by atoms with Gasteiger partial charge in [0.1, 0.15) is 0 Å². The highest BCUT2D eigenvalue weighted by molar-refractivity contribution is 4.93. The van der Waals surface area contributed by atoms with Gasteiger partial charge in [0, 0.05) is 27.1 Å². The van der Waals surface area contributed by atoms with Crippen LogP contribution in [0.1, 0.15) is 12.8 Å². The van der Waals surface area contributed by atoms with E-state index in [4.69, 9.17) is 9.47 Å². The van der Waals surface area contributed by atoms with Gasteiger partial charge in [-0.25, -0.2) is 0 Å². The van der Waals surface area contributed by atoms with Crippen LogP contribution >= 0.6 is 0 Å². The van der Waals surface area contributed by atoms with E-state index in [1.54, 1.807) is 14.2 Å². The predicted octanol–water partition coefficient (Wildman–Crippen LogP) is 0.974. The van der Waals surface area contributed by atoms with Crippen LogP contribution in [0.5, 0.6) is 0 Å². The Kier molecular flexibility index (Phi) is 1.54. The summed E-state index contributed by atoms with van der Waals surface area (Å²) in [5.74, 6) is -0.250. The molecule has 8 heavy (non-hydrogen) atoms. The highest BCUT2D eigenvalue weighted by Gasteiger charge is 2.36. The Hall–Kier alpha value is -0.0800. The van der Waals surface area contributed by atoms with E-state index >= 15 is 0 Å². The second kappa shape index (κ2) is 2.03. The first-order valence-electron chi connectivity index (χ1n) is 2.75. The molecule has 0 aromatic carbocycles. The third kappa shape index (κ3) is 0.740. The number of rotatable bonds is 2. The van der Waals surface area contributed by atoms with Crippen molar-refractivity contribution in [1.29, 1.82) is 0 Å². The van der Waals surface area contributed by atoms with Gasteiger partial charge in [-0.1, -0.05) is 0 Å². The quantitative estimate of drug-likeness (QED) is 0.499. The summed E-state index contributed by atoms with van der Waals surface area (Å²) in [5, 5.41) is 0. The van der Waals surface area contributed by atoms with Crippen molar-refractivity contribution in [3.8, 4) is 0 Å². The van der Waals surface area contributed by atoms with Gasteiger partial charge in [0.05, 0.1) is 0 Å².